The molecule has 0 fully saturated rings. The van der Waals surface area contributed by atoms with Crippen LogP contribution in [-0.4, -0.2) is 13.1 Å². The zero-order chi connectivity index (χ0) is 13.2. The van der Waals surface area contributed by atoms with Crippen LogP contribution in [-0.2, 0) is 10.9 Å². The third-order valence-corrected chi connectivity index (χ3v) is 2.31. The summed E-state index contributed by atoms with van der Waals surface area (Å²) in [4.78, 5) is 11.0. The first-order chi connectivity index (χ1) is 7.81. The molecule has 0 heterocycles. The minimum Gasteiger partial charge on any atom is -0.465 e. The second kappa shape index (κ2) is 4.67. The average molecular weight is 261 g/mol. The van der Waals surface area contributed by atoms with Crippen LogP contribution in [0.5, 0.6) is 0 Å². The van der Waals surface area contributed by atoms with Crippen molar-refractivity contribution in [3.8, 4) is 6.07 Å². The molecule has 1 aromatic carbocycles. The van der Waals surface area contributed by atoms with E-state index in [-0.39, 0.29) is 10.5 Å². The van der Waals surface area contributed by atoms with Crippen LogP contribution in [0.3, 0.4) is 0 Å². The van der Waals surface area contributed by atoms with Gasteiger partial charge in [-0.3, -0.25) is 0 Å². The van der Waals surface area contributed by atoms with Gasteiger partial charge in [-0.15, -0.1) is 12.6 Å². The second-order valence-corrected chi connectivity index (χ2v) is 3.50. The van der Waals surface area contributed by atoms with Crippen LogP contribution in [0.15, 0.2) is 17.0 Å². The van der Waals surface area contributed by atoms with Crippen LogP contribution in [0.1, 0.15) is 21.5 Å². The number of alkyl halides is 3. The fraction of sp³-hybridized carbons (Fsp3) is 0.200. The molecule has 0 bridgehead atoms. The molecule has 1 rings (SSSR count). The Balaban J connectivity index is 3.48. The van der Waals surface area contributed by atoms with Gasteiger partial charge in [-0.25, -0.2) is 4.79 Å². The van der Waals surface area contributed by atoms with Gasteiger partial charge in [0.1, 0.15) is 6.07 Å². The van der Waals surface area contributed by atoms with Gasteiger partial charge >= 0.3 is 12.1 Å². The number of thiol groups is 1. The summed E-state index contributed by atoms with van der Waals surface area (Å²) >= 11 is 3.76. The summed E-state index contributed by atoms with van der Waals surface area (Å²) in [5, 5.41) is 8.72. The lowest BCUT2D eigenvalue weighted by atomic mass is 10.0. The van der Waals surface area contributed by atoms with Crippen LogP contribution in [0.4, 0.5) is 13.2 Å². The van der Waals surface area contributed by atoms with E-state index in [1.54, 1.807) is 0 Å². The monoisotopic (exact) mass is 261 g/mol. The number of nitrogens with zero attached hydrogens (tertiary/aromatic N) is 1. The van der Waals surface area contributed by atoms with Crippen LogP contribution >= 0.6 is 12.6 Å². The van der Waals surface area contributed by atoms with Crippen molar-refractivity contribution in [1.29, 1.82) is 5.26 Å². The Hall–Kier alpha value is -1.68. The number of carbonyl (C=O) groups is 1. The normalized spacial score (nSPS) is 10.8. The molecule has 0 saturated heterocycles. The van der Waals surface area contributed by atoms with Crippen molar-refractivity contribution in [1.82, 2.24) is 0 Å². The topological polar surface area (TPSA) is 50.1 Å². The molecule has 0 radical (unpaired) electrons. The van der Waals surface area contributed by atoms with E-state index in [1.165, 1.54) is 6.07 Å². The van der Waals surface area contributed by atoms with E-state index in [1.807, 2.05) is 0 Å². The summed E-state index contributed by atoms with van der Waals surface area (Å²) in [6, 6.07) is 2.78. The smallest absolute Gasteiger partial charge is 0.416 e. The summed E-state index contributed by atoms with van der Waals surface area (Å²) < 4.78 is 41.7. The molecular formula is C10H6F3NO2S. The molecule has 1 aromatic rings. The maximum atomic E-state index is 12.4. The van der Waals surface area contributed by atoms with E-state index >= 15 is 0 Å². The van der Waals surface area contributed by atoms with E-state index in [0.717, 1.165) is 7.11 Å². The van der Waals surface area contributed by atoms with E-state index in [4.69, 9.17) is 5.26 Å². The third kappa shape index (κ3) is 2.71. The number of esters is 1. The first kappa shape index (κ1) is 13.4. The van der Waals surface area contributed by atoms with Gasteiger partial charge in [0.05, 0.1) is 23.8 Å². The molecule has 90 valence electrons. The quantitative estimate of drug-likeness (QED) is 0.624. The predicted octanol–water partition coefficient (Wildman–Crippen LogP) is 2.65. The fourth-order valence-electron chi connectivity index (χ4n) is 1.20. The Kier molecular flexibility index (Phi) is 3.68. The largest absolute Gasteiger partial charge is 0.465 e. The molecule has 0 aromatic heterocycles. The van der Waals surface area contributed by atoms with Gasteiger partial charge in [-0.2, -0.15) is 18.4 Å². The summed E-state index contributed by atoms with van der Waals surface area (Å²) in [7, 11) is 1.06. The molecule has 0 aliphatic heterocycles. The lowest BCUT2D eigenvalue weighted by molar-refractivity contribution is -0.137. The van der Waals surface area contributed by atoms with Crippen molar-refractivity contribution in [2.24, 2.45) is 0 Å². The predicted molar refractivity (Wildman–Crippen MR) is 54.8 cm³/mol. The van der Waals surface area contributed by atoms with Crippen LogP contribution in [0.25, 0.3) is 0 Å². The Morgan fingerprint density at radius 2 is 2.06 bits per heavy atom. The molecule has 0 atom stereocenters. The lowest BCUT2D eigenvalue weighted by Gasteiger charge is -2.11. The molecule has 0 aliphatic carbocycles. The Bertz CT molecular complexity index is 505. The zero-order valence-electron chi connectivity index (χ0n) is 8.50. The number of methoxy groups -OCH3 is 1. The number of halogens is 3. The molecule has 0 saturated carbocycles. The van der Waals surface area contributed by atoms with Crippen LogP contribution < -0.4 is 0 Å². The molecule has 17 heavy (non-hydrogen) atoms. The Labute approximate surface area is 100 Å². The Morgan fingerprint density at radius 3 is 2.47 bits per heavy atom. The summed E-state index contributed by atoms with van der Waals surface area (Å²) in [6.45, 7) is 0. The summed E-state index contributed by atoms with van der Waals surface area (Å²) in [5.74, 6) is -0.903. The van der Waals surface area contributed by atoms with Crippen molar-refractivity contribution < 1.29 is 22.7 Å². The minimum absolute atomic E-state index is 0.247. The molecule has 3 nitrogen and oxygen atoms in total. The molecule has 0 amide bonds. The van der Waals surface area contributed by atoms with E-state index in [9.17, 15) is 18.0 Å². The van der Waals surface area contributed by atoms with Gasteiger partial charge in [0, 0.05) is 4.90 Å². The van der Waals surface area contributed by atoms with Crippen LogP contribution in [0.2, 0.25) is 0 Å². The van der Waals surface area contributed by atoms with Gasteiger partial charge in [0.15, 0.2) is 0 Å². The maximum Gasteiger partial charge on any atom is 0.416 e. The fourth-order valence-corrected chi connectivity index (χ4v) is 1.55. The molecule has 0 N–H and O–H groups in total. The second-order valence-electron chi connectivity index (χ2n) is 3.02. The van der Waals surface area contributed by atoms with E-state index < -0.39 is 23.3 Å². The molecule has 7 heteroatoms. The van der Waals surface area contributed by atoms with Gasteiger partial charge < -0.3 is 4.74 Å². The molecule has 0 aliphatic rings. The number of rotatable bonds is 1. The first-order valence-electron chi connectivity index (χ1n) is 4.24. The highest BCUT2D eigenvalue weighted by molar-refractivity contribution is 7.80. The van der Waals surface area contributed by atoms with Crippen molar-refractivity contribution >= 4 is 18.6 Å². The minimum atomic E-state index is -4.60. The summed E-state index contributed by atoms with van der Waals surface area (Å²) in [6.07, 6.45) is -4.60. The SMILES string of the molecule is COC(=O)c1c(S)cc(C(F)(F)F)cc1C#N. The number of nitriles is 1. The number of ether oxygens (including phenoxy) is 1. The van der Waals surface area contributed by atoms with Crippen molar-refractivity contribution in [2.75, 3.05) is 7.11 Å². The highest BCUT2D eigenvalue weighted by Crippen LogP contribution is 2.33. The number of benzene rings is 1. The zero-order valence-corrected chi connectivity index (χ0v) is 9.39. The first-order valence-corrected chi connectivity index (χ1v) is 4.68. The van der Waals surface area contributed by atoms with Crippen molar-refractivity contribution in [2.45, 2.75) is 11.1 Å². The highest BCUT2D eigenvalue weighted by Gasteiger charge is 2.32. The Morgan fingerprint density at radius 1 is 1.47 bits per heavy atom. The molecule has 0 spiro atoms. The third-order valence-electron chi connectivity index (χ3n) is 1.95. The van der Waals surface area contributed by atoms with Gasteiger partial charge in [0.25, 0.3) is 0 Å². The van der Waals surface area contributed by atoms with Crippen LogP contribution in [0, 0.1) is 11.3 Å². The van der Waals surface area contributed by atoms with Crippen molar-refractivity contribution in [3.63, 3.8) is 0 Å². The lowest BCUT2D eigenvalue weighted by Crippen LogP contribution is -2.10. The van der Waals surface area contributed by atoms with E-state index in [0.29, 0.717) is 12.1 Å². The number of carbonyl (C=O) groups excluding carboxylic acids is 1. The van der Waals surface area contributed by atoms with Gasteiger partial charge in [-0.05, 0) is 12.1 Å². The highest BCUT2D eigenvalue weighted by atomic mass is 32.1. The average Bonchev–Trinajstić information content (AvgIpc) is 2.25. The molecular weight excluding hydrogens is 255 g/mol. The van der Waals surface area contributed by atoms with Gasteiger partial charge in [-0.1, -0.05) is 0 Å². The maximum absolute atomic E-state index is 12.4. The number of hydrogen-bond donors (Lipinski definition) is 1. The van der Waals surface area contributed by atoms with Gasteiger partial charge in [0.2, 0.25) is 0 Å². The van der Waals surface area contributed by atoms with Crippen molar-refractivity contribution in [3.05, 3.63) is 28.8 Å². The number of hydrogen-bond acceptors (Lipinski definition) is 4. The van der Waals surface area contributed by atoms with E-state index in [2.05, 4.69) is 17.4 Å². The molecule has 0 unspecified atom stereocenters. The standard InChI is InChI=1S/C10H6F3NO2S/c1-16-9(15)8-5(4-14)2-6(3-7(8)17)10(11,12)13/h2-3,17H,1H3. The summed E-state index contributed by atoms with van der Waals surface area (Å²) in [5.41, 5.74) is -1.73.